The predicted octanol–water partition coefficient (Wildman–Crippen LogP) is 0.357. The fourth-order valence-corrected chi connectivity index (χ4v) is 4.35. The van der Waals surface area contributed by atoms with Crippen molar-refractivity contribution in [3.63, 3.8) is 0 Å². The summed E-state index contributed by atoms with van der Waals surface area (Å²) < 4.78 is 13.2. The zero-order chi connectivity index (χ0) is 19.0. The fraction of sp³-hybridized carbons (Fsp3) is 0.409. The van der Waals surface area contributed by atoms with Gasteiger partial charge in [-0.3, -0.25) is 4.58 Å². The summed E-state index contributed by atoms with van der Waals surface area (Å²) in [6, 6.07) is 15.7. The summed E-state index contributed by atoms with van der Waals surface area (Å²) in [7, 11) is 1.66. The largest absolute Gasteiger partial charge is 1.00 e. The number of hydrogen-bond donors (Lipinski definition) is 1. The number of amidine groups is 1. The van der Waals surface area contributed by atoms with Crippen molar-refractivity contribution in [2.45, 2.75) is 38.5 Å². The van der Waals surface area contributed by atoms with Crippen LogP contribution in [0.1, 0.15) is 32.3 Å². The van der Waals surface area contributed by atoms with Crippen molar-refractivity contribution in [3.8, 4) is 11.5 Å². The normalized spacial score (nSPS) is 23.4. The first-order chi connectivity index (χ1) is 13.1. The van der Waals surface area contributed by atoms with Crippen LogP contribution in [0.2, 0.25) is 0 Å². The van der Waals surface area contributed by atoms with Gasteiger partial charge in [0.2, 0.25) is 0 Å². The highest BCUT2D eigenvalue weighted by molar-refractivity contribution is 5.97. The molecule has 28 heavy (non-hydrogen) atoms. The van der Waals surface area contributed by atoms with Crippen molar-refractivity contribution in [1.82, 2.24) is 0 Å². The summed E-state index contributed by atoms with van der Waals surface area (Å²) in [5.41, 5.74) is 0.712. The molecular formula is C22H27BrN2O3. The Balaban J connectivity index is 0.00000225. The first kappa shape index (κ1) is 20.7. The fourth-order valence-electron chi connectivity index (χ4n) is 4.35. The highest BCUT2D eigenvalue weighted by Crippen LogP contribution is 2.43. The van der Waals surface area contributed by atoms with Crippen LogP contribution < -0.4 is 31.4 Å². The van der Waals surface area contributed by atoms with E-state index in [0.717, 1.165) is 42.1 Å². The van der Waals surface area contributed by atoms with E-state index in [4.69, 9.17) is 9.47 Å². The van der Waals surface area contributed by atoms with Gasteiger partial charge in [0.25, 0.3) is 11.6 Å². The lowest BCUT2D eigenvalue weighted by atomic mass is 9.93. The Kier molecular flexibility index (Phi) is 6.01. The summed E-state index contributed by atoms with van der Waals surface area (Å²) in [5.74, 6) is 2.81. The molecule has 2 atom stereocenters. The number of halogens is 1. The Hall–Kier alpha value is -2.05. The quantitative estimate of drug-likeness (QED) is 0.673. The maximum Gasteiger partial charge on any atom is 0.278 e. The summed E-state index contributed by atoms with van der Waals surface area (Å²) in [4.78, 5) is 2.10. The zero-order valence-electron chi connectivity index (χ0n) is 16.6. The van der Waals surface area contributed by atoms with Crippen LogP contribution in [-0.2, 0) is 5.72 Å². The molecule has 0 aromatic heterocycles. The maximum absolute atomic E-state index is 12.0. The second kappa shape index (κ2) is 8.13. The molecule has 5 nitrogen and oxygen atoms in total. The Labute approximate surface area is 177 Å². The molecule has 2 aliphatic rings. The lowest BCUT2D eigenvalue weighted by Gasteiger charge is -2.32. The molecule has 0 bridgehead atoms. The monoisotopic (exact) mass is 446 g/mol. The average Bonchev–Trinajstić information content (AvgIpc) is 3.24. The van der Waals surface area contributed by atoms with Gasteiger partial charge in [-0.05, 0) is 68.8 Å². The molecular weight excluding hydrogens is 420 g/mol. The van der Waals surface area contributed by atoms with E-state index in [-0.39, 0.29) is 23.0 Å². The minimum absolute atomic E-state index is 0. The van der Waals surface area contributed by atoms with Gasteiger partial charge in [0.15, 0.2) is 6.04 Å². The summed E-state index contributed by atoms with van der Waals surface area (Å²) in [6.07, 6.45) is 2.08. The average molecular weight is 447 g/mol. The van der Waals surface area contributed by atoms with Crippen LogP contribution in [0.5, 0.6) is 11.5 Å². The second-order valence-corrected chi connectivity index (χ2v) is 7.11. The van der Waals surface area contributed by atoms with Crippen molar-refractivity contribution >= 4 is 11.5 Å². The van der Waals surface area contributed by atoms with E-state index in [9.17, 15) is 5.11 Å². The third-order valence-corrected chi connectivity index (χ3v) is 5.70. The van der Waals surface area contributed by atoms with Gasteiger partial charge in [0, 0.05) is 5.56 Å². The summed E-state index contributed by atoms with van der Waals surface area (Å²) >= 11 is 0. The molecule has 6 heteroatoms. The molecule has 0 aliphatic carbocycles. The number of methoxy groups -OCH3 is 1. The van der Waals surface area contributed by atoms with Gasteiger partial charge in [0.1, 0.15) is 17.2 Å². The summed E-state index contributed by atoms with van der Waals surface area (Å²) in [6.45, 7) is 5.68. The minimum Gasteiger partial charge on any atom is -1.00 e. The van der Waals surface area contributed by atoms with Crippen LogP contribution in [0.15, 0.2) is 48.5 Å². The van der Waals surface area contributed by atoms with Gasteiger partial charge in [-0.15, -0.1) is 0 Å². The minimum atomic E-state index is -1.13. The molecule has 0 amide bonds. The number of rotatable bonds is 5. The molecule has 0 radical (unpaired) electrons. The molecule has 0 saturated heterocycles. The van der Waals surface area contributed by atoms with Gasteiger partial charge in [-0.2, -0.15) is 4.90 Å². The van der Waals surface area contributed by atoms with Crippen LogP contribution in [0.4, 0.5) is 5.69 Å². The topological polar surface area (TPSA) is 44.9 Å². The highest BCUT2D eigenvalue weighted by atomic mass is 79.9. The lowest BCUT2D eigenvalue weighted by molar-refractivity contribution is -0.564. The Morgan fingerprint density at radius 1 is 1.11 bits per heavy atom. The van der Waals surface area contributed by atoms with Crippen LogP contribution >= 0.6 is 0 Å². The van der Waals surface area contributed by atoms with Crippen molar-refractivity contribution < 1.29 is 36.1 Å². The van der Waals surface area contributed by atoms with Crippen molar-refractivity contribution in [1.29, 1.82) is 0 Å². The van der Waals surface area contributed by atoms with Gasteiger partial charge < -0.3 is 31.6 Å². The Morgan fingerprint density at radius 3 is 2.36 bits per heavy atom. The van der Waals surface area contributed by atoms with Gasteiger partial charge in [-0.25, -0.2) is 0 Å². The Bertz CT molecular complexity index is 851. The second-order valence-electron chi connectivity index (χ2n) is 7.11. The molecule has 2 heterocycles. The third kappa shape index (κ3) is 3.18. The van der Waals surface area contributed by atoms with Crippen LogP contribution in [0, 0.1) is 0 Å². The molecule has 2 unspecified atom stereocenters. The van der Waals surface area contributed by atoms with E-state index in [1.54, 1.807) is 7.11 Å². The molecule has 0 saturated carbocycles. The molecule has 2 aromatic rings. The van der Waals surface area contributed by atoms with E-state index >= 15 is 0 Å². The molecule has 4 rings (SSSR count). The zero-order valence-corrected chi connectivity index (χ0v) is 18.1. The van der Waals surface area contributed by atoms with Crippen LogP contribution in [0.25, 0.3) is 0 Å². The number of ether oxygens (including phenoxy) is 2. The highest BCUT2D eigenvalue weighted by Gasteiger charge is 2.60. The van der Waals surface area contributed by atoms with Gasteiger partial charge >= 0.3 is 0 Å². The molecule has 1 N–H and O–H groups in total. The Morgan fingerprint density at radius 2 is 1.75 bits per heavy atom. The predicted molar refractivity (Wildman–Crippen MR) is 106 cm³/mol. The van der Waals surface area contributed by atoms with E-state index in [1.807, 2.05) is 55.5 Å². The molecule has 2 aliphatic heterocycles. The van der Waals surface area contributed by atoms with E-state index in [2.05, 4.69) is 16.4 Å². The standard InChI is InChI=1S/C22H27N2O3.BrH/c1-4-27-20-11-7-17(8-12-20)22(25)16(2)23-15-5-6-21(23)24(22)18-9-13-19(26-3)14-10-18;/h7-14,16,25H,4-6,15H2,1-3H3;1H/q+1;/p-1. The van der Waals surface area contributed by atoms with Gasteiger partial charge in [-0.1, -0.05) is 0 Å². The third-order valence-electron chi connectivity index (χ3n) is 5.70. The first-order valence-corrected chi connectivity index (χ1v) is 9.62. The van der Waals surface area contributed by atoms with Gasteiger partial charge in [0.05, 0.1) is 26.7 Å². The van der Waals surface area contributed by atoms with Crippen molar-refractivity contribution in [2.75, 3.05) is 25.2 Å². The maximum atomic E-state index is 12.0. The van der Waals surface area contributed by atoms with E-state index in [0.29, 0.717) is 6.61 Å². The number of hydrogen-bond acceptors (Lipinski definition) is 4. The molecule has 0 spiro atoms. The van der Waals surface area contributed by atoms with E-state index < -0.39 is 5.72 Å². The number of nitrogens with zero attached hydrogens (tertiary/aromatic N) is 2. The van der Waals surface area contributed by atoms with Crippen molar-refractivity contribution in [3.05, 3.63) is 54.1 Å². The lowest BCUT2D eigenvalue weighted by Crippen LogP contribution is -3.00. The first-order valence-electron chi connectivity index (χ1n) is 9.62. The van der Waals surface area contributed by atoms with Crippen molar-refractivity contribution in [2.24, 2.45) is 0 Å². The number of anilines is 1. The SMILES string of the molecule is CCOc1ccc(C2(O)C(C)[N+]3=C(CCC3)N2c2ccc(OC)cc2)cc1.[Br-]. The summed E-state index contributed by atoms with van der Waals surface area (Å²) in [5, 5.41) is 12.0. The molecule has 150 valence electrons. The number of aliphatic hydroxyl groups is 1. The van der Waals surface area contributed by atoms with E-state index in [1.165, 1.54) is 5.84 Å². The smallest absolute Gasteiger partial charge is 0.278 e. The molecule has 2 aromatic carbocycles. The number of benzene rings is 2. The molecule has 0 fully saturated rings. The van der Waals surface area contributed by atoms with Crippen LogP contribution in [-0.4, -0.2) is 41.8 Å². The van der Waals surface area contributed by atoms with Crippen LogP contribution in [0.3, 0.4) is 0 Å².